The van der Waals surface area contributed by atoms with Crippen molar-refractivity contribution in [1.82, 2.24) is 4.98 Å². The van der Waals surface area contributed by atoms with Crippen LogP contribution in [0.3, 0.4) is 0 Å². The first kappa shape index (κ1) is 13.4. The summed E-state index contributed by atoms with van der Waals surface area (Å²) >= 11 is 5.72. The average molecular weight is 258 g/mol. The highest BCUT2D eigenvalue weighted by Crippen LogP contribution is 2.16. The minimum absolute atomic E-state index is 0.345. The Hall–Kier alpha value is -1.66. The van der Waals surface area contributed by atoms with Crippen LogP contribution in [0, 0.1) is 6.92 Å². The Labute approximate surface area is 103 Å². The van der Waals surface area contributed by atoms with Crippen molar-refractivity contribution in [1.29, 1.82) is 0 Å². The summed E-state index contributed by atoms with van der Waals surface area (Å²) in [7, 11) is 0. The lowest BCUT2D eigenvalue weighted by Crippen LogP contribution is -2.37. The molecule has 1 amide bonds. The van der Waals surface area contributed by atoms with Gasteiger partial charge >= 0.3 is 5.97 Å². The van der Waals surface area contributed by atoms with Gasteiger partial charge in [0, 0.05) is 0 Å². The van der Waals surface area contributed by atoms with Crippen molar-refractivity contribution in [3.8, 4) is 0 Å². The number of nitrogens with zero attached hydrogens (tertiary/aromatic N) is 1. The molecule has 1 unspecified atom stereocenters. The highest BCUT2D eigenvalue weighted by Gasteiger charge is 2.17. The van der Waals surface area contributed by atoms with Gasteiger partial charge in [-0.3, -0.25) is 9.59 Å². The van der Waals surface area contributed by atoms with E-state index >= 15 is 0 Å². The Morgan fingerprint density at radius 3 is 2.82 bits per heavy atom. The Morgan fingerprint density at radius 2 is 2.29 bits per heavy atom. The van der Waals surface area contributed by atoms with Crippen molar-refractivity contribution in [3.05, 3.63) is 23.0 Å². The van der Waals surface area contributed by atoms with Crippen molar-refractivity contribution >= 4 is 29.2 Å². The molecule has 0 fully saturated rings. The van der Waals surface area contributed by atoms with Crippen LogP contribution in [0.1, 0.15) is 12.0 Å². The third-order valence-electron chi connectivity index (χ3n) is 2.01. The summed E-state index contributed by atoms with van der Waals surface area (Å²) < 4.78 is 0. The highest BCUT2D eigenvalue weighted by atomic mass is 35.5. The largest absolute Gasteiger partial charge is 0.481 e. The van der Waals surface area contributed by atoms with E-state index in [1.165, 1.54) is 6.20 Å². The summed E-state index contributed by atoms with van der Waals surface area (Å²) in [6, 6.07) is 0.532. The molecule has 0 saturated heterocycles. The molecular formula is C10H12ClN3O3. The lowest BCUT2D eigenvalue weighted by Gasteiger charge is -2.10. The number of aliphatic carboxylic acids is 1. The van der Waals surface area contributed by atoms with Gasteiger partial charge in [0.2, 0.25) is 5.91 Å². The number of aryl methyl sites for hydroxylation is 1. The number of rotatable bonds is 4. The van der Waals surface area contributed by atoms with E-state index in [1.807, 2.05) is 0 Å². The van der Waals surface area contributed by atoms with Gasteiger partial charge in [0.05, 0.1) is 24.3 Å². The lowest BCUT2D eigenvalue weighted by atomic mass is 10.2. The monoisotopic (exact) mass is 257 g/mol. The topological polar surface area (TPSA) is 105 Å². The van der Waals surface area contributed by atoms with Crippen molar-refractivity contribution in [2.24, 2.45) is 5.73 Å². The number of hydrogen-bond acceptors (Lipinski definition) is 4. The summed E-state index contributed by atoms with van der Waals surface area (Å²) in [5.41, 5.74) is 6.53. The molecule has 4 N–H and O–H groups in total. The fourth-order valence-corrected chi connectivity index (χ4v) is 1.25. The molecule has 1 atom stereocenters. The molecule has 17 heavy (non-hydrogen) atoms. The van der Waals surface area contributed by atoms with Gasteiger partial charge in [-0.05, 0) is 18.6 Å². The van der Waals surface area contributed by atoms with E-state index in [0.717, 1.165) is 0 Å². The zero-order chi connectivity index (χ0) is 13.0. The third-order valence-corrected chi connectivity index (χ3v) is 2.41. The molecule has 0 radical (unpaired) electrons. The van der Waals surface area contributed by atoms with E-state index in [4.69, 9.17) is 22.4 Å². The summed E-state index contributed by atoms with van der Waals surface area (Å²) in [5.74, 6) is -1.70. The van der Waals surface area contributed by atoms with Gasteiger partial charge in [-0.1, -0.05) is 11.6 Å². The maximum absolute atomic E-state index is 11.5. The van der Waals surface area contributed by atoms with Crippen LogP contribution in [0.2, 0.25) is 5.15 Å². The third kappa shape index (κ3) is 4.01. The van der Waals surface area contributed by atoms with Crippen LogP contribution < -0.4 is 11.1 Å². The van der Waals surface area contributed by atoms with E-state index in [-0.39, 0.29) is 0 Å². The first-order chi connectivity index (χ1) is 7.90. The molecule has 0 aliphatic carbocycles. The molecule has 1 aromatic rings. The maximum Gasteiger partial charge on any atom is 0.305 e. The molecule has 1 heterocycles. The zero-order valence-corrected chi connectivity index (χ0v) is 9.86. The Kier molecular flexibility index (Phi) is 4.42. The molecule has 0 aliphatic rings. The second-order valence-electron chi connectivity index (χ2n) is 3.53. The number of nitrogens with one attached hydrogen (secondary N) is 1. The number of nitrogens with two attached hydrogens (primary N) is 1. The maximum atomic E-state index is 11.5. The number of carboxylic acid groups (broad SMARTS) is 1. The fourth-order valence-electron chi connectivity index (χ4n) is 1.14. The van der Waals surface area contributed by atoms with E-state index in [2.05, 4.69) is 10.3 Å². The van der Waals surface area contributed by atoms with Crippen molar-refractivity contribution < 1.29 is 14.7 Å². The molecule has 0 spiro atoms. The molecule has 0 saturated carbocycles. The van der Waals surface area contributed by atoms with Crippen LogP contribution in [-0.4, -0.2) is 28.0 Å². The minimum Gasteiger partial charge on any atom is -0.481 e. The van der Waals surface area contributed by atoms with E-state index in [1.54, 1.807) is 13.0 Å². The number of carbonyl (C=O) groups excluding carboxylic acids is 1. The molecule has 1 aromatic heterocycles. The van der Waals surface area contributed by atoms with Gasteiger partial charge in [-0.25, -0.2) is 4.98 Å². The average Bonchev–Trinajstić information content (AvgIpc) is 2.22. The number of pyridine rings is 1. The number of anilines is 1. The Bertz CT molecular complexity index is 450. The van der Waals surface area contributed by atoms with Crippen LogP contribution in [0.15, 0.2) is 12.3 Å². The van der Waals surface area contributed by atoms with Crippen LogP contribution in [0.5, 0.6) is 0 Å². The Morgan fingerprint density at radius 1 is 1.65 bits per heavy atom. The minimum atomic E-state index is -1.13. The quantitative estimate of drug-likeness (QED) is 0.692. The van der Waals surface area contributed by atoms with E-state index in [9.17, 15) is 9.59 Å². The highest BCUT2D eigenvalue weighted by molar-refractivity contribution is 6.30. The first-order valence-electron chi connectivity index (χ1n) is 4.80. The number of carbonyl (C=O) groups is 2. The van der Waals surface area contributed by atoms with Gasteiger partial charge in [0.25, 0.3) is 0 Å². The summed E-state index contributed by atoms with van der Waals surface area (Å²) in [6.45, 7) is 1.74. The van der Waals surface area contributed by atoms with Crippen molar-refractivity contribution in [3.63, 3.8) is 0 Å². The van der Waals surface area contributed by atoms with E-state index < -0.39 is 24.3 Å². The SMILES string of the molecule is Cc1cc(NC(=O)C(N)CC(=O)O)cnc1Cl. The summed E-state index contributed by atoms with van der Waals surface area (Å²) in [5, 5.41) is 11.3. The predicted molar refractivity (Wildman–Crippen MR) is 62.8 cm³/mol. The van der Waals surface area contributed by atoms with Crippen LogP contribution >= 0.6 is 11.6 Å². The molecule has 0 bridgehead atoms. The number of halogens is 1. The molecule has 92 valence electrons. The molecule has 1 rings (SSSR count). The van der Waals surface area contributed by atoms with E-state index in [0.29, 0.717) is 16.4 Å². The van der Waals surface area contributed by atoms with Gasteiger partial charge in [-0.15, -0.1) is 0 Å². The number of aromatic nitrogens is 1. The van der Waals surface area contributed by atoms with Crippen LogP contribution in [0.4, 0.5) is 5.69 Å². The lowest BCUT2D eigenvalue weighted by molar-refractivity contribution is -0.138. The molecule has 6 nitrogen and oxygen atoms in total. The van der Waals surface area contributed by atoms with Gasteiger partial charge < -0.3 is 16.2 Å². The smallest absolute Gasteiger partial charge is 0.305 e. The van der Waals surface area contributed by atoms with Gasteiger partial charge in [0.1, 0.15) is 5.15 Å². The number of carboxylic acids is 1. The molecule has 7 heteroatoms. The molecule has 0 aliphatic heterocycles. The van der Waals surface area contributed by atoms with Crippen molar-refractivity contribution in [2.75, 3.05) is 5.32 Å². The van der Waals surface area contributed by atoms with Crippen LogP contribution in [0.25, 0.3) is 0 Å². The standard InChI is InChI=1S/C10H12ClN3O3/c1-5-2-6(4-13-9(5)11)14-10(17)7(12)3-8(15)16/h2,4,7H,3,12H2,1H3,(H,14,17)(H,15,16). The molecular weight excluding hydrogens is 246 g/mol. The number of hydrogen-bond donors (Lipinski definition) is 3. The fraction of sp³-hybridized carbons (Fsp3) is 0.300. The summed E-state index contributed by atoms with van der Waals surface area (Å²) in [6.07, 6.45) is 0.951. The first-order valence-corrected chi connectivity index (χ1v) is 5.18. The van der Waals surface area contributed by atoms with Crippen LogP contribution in [-0.2, 0) is 9.59 Å². The molecule has 0 aromatic carbocycles. The number of amides is 1. The van der Waals surface area contributed by atoms with Gasteiger partial charge in [0.15, 0.2) is 0 Å². The zero-order valence-electron chi connectivity index (χ0n) is 9.11. The van der Waals surface area contributed by atoms with Gasteiger partial charge in [-0.2, -0.15) is 0 Å². The second kappa shape index (κ2) is 5.60. The normalized spacial score (nSPS) is 11.9. The second-order valence-corrected chi connectivity index (χ2v) is 3.88. The summed E-state index contributed by atoms with van der Waals surface area (Å²) in [4.78, 5) is 25.7. The van der Waals surface area contributed by atoms with Crippen molar-refractivity contribution in [2.45, 2.75) is 19.4 Å². The predicted octanol–water partition coefficient (Wildman–Crippen LogP) is 0.784. The Balaban J connectivity index is 2.67.